The van der Waals surface area contributed by atoms with Crippen LogP contribution >= 0.6 is 0 Å². The van der Waals surface area contributed by atoms with E-state index >= 15 is 0 Å². The molecule has 0 amide bonds. The van der Waals surface area contributed by atoms with Gasteiger partial charge in [0.2, 0.25) is 0 Å². The standard InChI is InChI=1S/C32H52O3/c1-28(2)22(27(33)34)13-17-31(6)21-10-12-25-30(5,19-20(21)9-11-23(28)31)16-14-24-29(3,4)26(35-8)15-18-32(24,25)7/h9,21-26H,10-19H2,1-8H3,(H,33,34)/t21-,22-,23-,24?,25?,26+,30-,31+,32-/m0/s1. The minimum absolute atomic E-state index is 0.149. The van der Waals surface area contributed by atoms with E-state index in [1.165, 1.54) is 44.9 Å². The Labute approximate surface area is 214 Å². The number of ether oxygens (including phenoxy) is 1. The smallest absolute Gasteiger partial charge is 0.307 e. The van der Waals surface area contributed by atoms with Gasteiger partial charge in [-0.15, -0.1) is 0 Å². The van der Waals surface area contributed by atoms with Crippen LogP contribution in [0.2, 0.25) is 0 Å². The number of carboxylic acids is 1. The Balaban J connectivity index is 1.48. The van der Waals surface area contributed by atoms with Crippen molar-refractivity contribution in [3.05, 3.63) is 11.6 Å². The molecule has 35 heavy (non-hydrogen) atoms. The first-order valence-corrected chi connectivity index (χ1v) is 14.7. The van der Waals surface area contributed by atoms with Crippen LogP contribution in [0.1, 0.15) is 113 Å². The molecule has 2 unspecified atom stereocenters. The van der Waals surface area contributed by atoms with E-state index in [4.69, 9.17) is 4.74 Å². The van der Waals surface area contributed by atoms with Crippen LogP contribution in [-0.4, -0.2) is 24.3 Å². The summed E-state index contributed by atoms with van der Waals surface area (Å²) in [6.07, 6.45) is 15.0. The summed E-state index contributed by atoms with van der Waals surface area (Å²) in [5.41, 5.74) is 2.83. The number of methoxy groups -OCH3 is 1. The highest BCUT2D eigenvalue weighted by Gasteiger charge is 2.63. The molecule has 0 heterocycles. The Morgan fingerprint density at radius 3 is 2.17 bits per heavy atom. The maximum absolute atomic E-state index is 12.1. The average molecular weight is 485 g/mol. The van der Waals surface area contributed by atoms with Crippen molar-refractivity contribution in [2.75, 3.05) is 7.11 Å². The fraction of sp³-hybridized carbons (Fsp3) is 0.906. The molecule has 5 aliphatic rings. The lowest BCUT2D eigenvalue weighted by molar-refractivity contribution is -0.178. The summed E-state index contributed by atoms with van der Waals surface area (Å²) in [5.74, 6) is 1.80. The van der Waals surface area contributed by atoms with Crippen LogP contribution in [0.5, 0.6) is 0 Å². The van der Waals surface area contributed by atoms with Crippen LogP contribution in [-0.2, 0) is 9.53 Å². The van der Waals surface area contributed by atoms with Gasteiger partial charge >= 0.3 is 5.97 Å². The molecule has 0 aliphatic heterocycles. The second kappa shape index (κ2) is 8.08. The van der Waals surface area contributed by atoms with Crippen molar-refractivity contribution in [2.24, 2.45) is 56.7 Å². The molecule has 0 spiro atoms. The van der Waals surface area contributed by atoms with E-state index in [1.54, 1.807) is 5.57 Å². The largest absolute Gasteiger partial charge is 0.481 e. The van der Waals surface area contributed by atoms with Crippen LogP contribution in [0.3, 0.4) is 0 Å². The van der Waals surface area contributed by atoms with Gasteiger partial charge in [0, 0.05) is 7.11 Å². The number of carbonyl (C=O) groups is 1. The summed E-state index contributed by atoms with van der Waals surface area (Å²) in [5, 5.41) is 9.99. The molecule has 0 bridgehead atoms. The van der Waals surface area contributed by atoms with E-state index in [2.05, 4.69) is 54.5 Å². The molecule has 0 aromatic rings. The Hall–Kier alpha value is -0.830. The minimum Gasteiger partial charge on any atom is -0.481 e. The van der Waals surface area contributed by atoms with Gasteiger partial charge in [0.05, 0.1) is 12.0 Å². The Morgan fingerprint density at radius 2 is 1.51 bits per heavy atom. The Bertz CT molecular complexity index is 900. The lowest BCUT2D eigenvalue weighted by Crippen LogP contribution is -2.58. The first-order valence-electron chi connectivity index (χ1n) is 14.7. The zero-order valence-corrected chi connectivity index (χ0v) is 23.9. The number of hydrogen-bond donors (Lipinski definition) is 1. The molecule has 198 valence electrons. The number of fused-ring (bicyclic) bond motifs is 6. The minimum atomic E-state index is -0.584. The van der Waals surface area contributed by atoms with E-state index in [0.29, 0.717) is 28.8 Å². The normalized spacial score (nSPS) is 50.5. The first-order chi connectivity index (χ1) is 16.2. The SMILES string of the molecule is CO[C@@H]1CC[C@@]2(C)C(CC[C@@]3(C)CC4=CC[C@H]5C(C)(C)[C@H](C(=O)O)CC[C@]5(C)[C@H]4CCC32)C1(C)C. The zero-order chi connectivity index (χ0) is 25.6. The van der Waals surface area contributed by atoms with Crippen molar-refractivity contribution in [1.82, 2.24) is 0 Å². The third-order valence-electron chi connectivity index (χ3n) is 13.5. The predicted octanol–water partition coefficient (Wildman–Crippen LogP) is 8.13. The van der Waals surface area contributed by atoms with Gasteiger partial charge in [-0.2, -0.15) is 0 Å². The monoisotopic (exact) mass is 484 g/mol. The second-order valence-corrected chi connectivity index (χ2v) is 15.5. The third kappa shape index (κ3) is 3.48. The van der Waals surface area contributed by atoms with Crippen molar-refractivity contribution < 1.29 is 14.6 Å². The average Bonchev–Trinajstić information content (AvgIpc) is 2.90. The summed E-state index contributed by atoms with van der Waals surface area (Å²) in [7, 11) is 1.92. The summed E-state index contributed by atoms with van der Waals surface area (Å²) >= 11 is 0. The molecular weight excluding hydrogens is 432 g/mol. The van der Waals surface area contributed by atoms with Crippen molar-refractivity contribution in [1.29, 1.82) is 0 Å². The quantitative estimate of drug-likeness (QED) is 0.402. The fourth-order valence-electron chi connectivity index (χ4n) is 11.8. The van der Waals surface area contributed by atoms with Crippen LogP contribution in [0.4, 0.5) is 0 Å². The molecule has 3 nitrogen and oxygen atoms in total. The maximum Gasteiger partial charge on any atom is 0.307 e. The topological polar surface area (TPSA) is 46.5 Å². The van der Waals surface area contributed by atoms with Gasteiger partial charge in [0.25, 0.3) is 0 Å². The number of hydrogen-bond acceptors (Lipinski definition) is 2. The van der Waals surface area contributed by atoms with Crippen LogP contribution < -0.4 is 0 Å². The molecule has 3 heteroatoms. The van der Waals surface area contributed by atoms with Crippen LogP contribution in [0, 0.1) is 56.7 Å². The first kappa shape index (κ1) is 25.8. The molecule has 5 rings (SSSR count). The third-order valence-corrected chi connectivity index (χ3v) is 13.5. The Morgan fingerprint density at radius 1 is 0.829 bits per heavy atom. The highest BCUT2D eigenvalue weighted by molar-refractivity contribution is 5.71. The molecular formula is C32H52O3. The molecule has 0 aromatic carbocycles. The second-order valence-electron chi connectivity index (χ2n) is 15.5. The number of allylic oxidation sites excluding steroid dienone is 2. The summed E-state index contributed by atoms with van der Waals surface area (Å²) < 4.78 is 6.03. The van der Waals surface area contributed by atoms with Crippen LogP contribution in [0.25, 0.3) is 0 Å². The van der Waals surface area contributed by atoms with E-state index in [0.717, 1.165) is 31.1 Å². The van der Waals surface area contributed by atoms with Gasteiger partial charge in [-0.25, -0.2) is 0 Å². The molecule has 5 aliphatic carbocycles. The highest BCUT2D eigenvalue weighted by Crippen LogP contribution is 2.70. The van der Waals surface area contributed by atoms with Crippen molar-refractivity contribution >= 4 is 5.97 Å². The molecule has 0 saturated heterocycles. The van der Waals surface area contributed by atoms with Gasteiger partial charge in [-0.3, -0.25) is 4.79 Å². The van der Waals surface area contributed by atoms with E-state index in [-0.39, 0.29) is 22.2 Å². The van der Waals surface area contributed by atoms with Gasteiger partial charge in [0.1, 0.15) is 0 Å². The molecule has 4 saturated carbocycles. The van der Waals surface area contributed by atoms with Crippen molar-refractivity contribution in [2.45, 2.75) is 119 Å². The number of aliphatic carboxylic acids is 1. The van der Waals surface area contributed by atoms with E-state index in [1.807, 2.05) is 7.11 Å². The van der Waals surface area contributed by atoms with E-state index in [9.17, 15) is 9.90 Å². The van der Waals surface area contributed by atoms with Gasteiger partial charge < -0.3 is 9.84 Å². The fourth-order valence-corrected chi connectivity index (χ4v) is 11.8. The maximum atomic E-state index is 12.1. The highest BCUT2D eigenvalue weighted by atomic mass is 16.5. The molecule has 1 N–H and O–H groups in total. The number of carboxylic acid groups (broad SMARTS) is 1. The summed E-state index contributed by atoms with van der Waals surface area (Å²) in [6, 6.07) is 0. The summed E-state index contributed by atoms with van der Waals surface area (Å²) in [4.78, 5) is 12.1. The van der Waals surface area contributed by atoms with Gasteiger partial charge in [-0.1, -0.05) is 60.1 Å². The lowest BCUT2D eigenvalue weighted by Gasteiger charge is -2.64. The van der Waals surface area contributed by atoms with E-state index < -0.39 is 5.97 Å². The lowest BCUT2D eigenvalue weighted by atomic mass is 9.42. The number of rotatable bonds is 2. The predicted molar refractivity (Wildman–Crippen MR) is 142 cm³/mol. The zero-order valence-electron chi connectivity index (χ0n) is 23.9. The van der Waals surface area contributed by atoms with Crippen LogP contribution in [0.15, 0.2) is 11.6 Å². The molecule has 4 fully saturated rings. The van der Waals surface area contributed by atoms with Gasteiger partial charge in [-0.05, 0) is 115 Å². The molecule has 0 radical (unpaired) electrons. The summed E-state index contributed by atoms with van der Waals surface area (Å²) in [6.45, 7) is 17.3. The van der Waals surface area contributed by atoms with Crippen molar-refractivity contribution in [3.63, 3.8) is 0 Å². The molecule has 9 atom stereocenters. The van der Waals surface area contributed by atoms with Crippen molar-refractivity contribution in [3.8, 4) is 0 Å². The molecule has 0 aromatic heterocycles. The van der Waals surface area contributed by atoms with Gasteiger partial charge in [0.15, 0.2) is 0 Å². The Kier molecular flexibility index (Phi) is 5.96.